The minimum atomic E-state index is -1.26. The van der Waals surface area contributed by atoms with Gasteiger partial charge in [0.25, 0.3) is 0 Å². The number of urea groups is 1. The number of carbonyl (C=O) groups excluding carboxylic acids is 1. The van der Waals surface area contributed by atoms with Gasteiger partial charge in [0.05, 0.1) is 0 Å². The first-order chi connectivity index (χ1) is 9.95. The minimum absolute atomic E-state index is 0.164. The summed E-state index contributed by atoms with van der Waals surface area (Å²) in [4.78, 5) is 35.1. The third kappa shape index (κ3) is 5.13. The van der Waals surface area contributed by atoms with Crippen LogP contribution in [0.15, 0.2) is 30.3 Å². The van der Waals surface area contributed by atoms with Gasteiger partial charge in [-0.3, -0.25) is 9.69 Å². The highest BCUT2D eigenvalue weighted by Crippen LogP contribution is 2.13. The highest BCUT2D eigenvalue weighted by atomic mass is 16.4. The van der Waals surface area contributed by atoms with E-state index < -0.39 is 24.0 Å². The van der Waals surface area contributed by atoms with E-state index in [9.17, 15) is 14.4 Å². The molecule has 0 heterocycles. The van der Waals surface area contributed by atoms with Crippen LogP contribution >= 0.6 is 0 Å². The Morgan fingerprint density at radius 3 is 2.29 bits per heavy atom. The Bertz CT molecular complexity index is 503. The average Bonchev–Trinajstić information content (AvgIpc) is 2.44. The summed E-state index contributed by atoms with van der Waals surface area (Å²) in [6.45, 7) is 2.13. The lowest BCUT2D eigenvalue weighted by Gasteiger charge is -2.23. The van der Waals surface area contributed by atoms with Gasteiger partial charge in [0.15, 0.2) is 0 Å². The highest BCUT2D eigenvalue weighted by Gasteiger charge is 2.23. The Morgan fingerprint density at radius 1 is 1.19 bits per heavy atom. The molecule has 0 unspecified atom stereocenters. The van der Waals surface area contributed by atoms with Gasteiger partial charge in [0.1, 0.15) is 6.04 Å². The highest BCUT2D eigenvalue weighted by molar-refractivity contribution is 5.94. The third-order valence-corrected chi connectivity index (χ3v) is 2.87. The summed E-state index contributed by atoms with van der Waals surface area (Å²) in [5.74, 6) is -2.36. The normalized spacial score (nSPS) is 11.5. The summed E-state index contributed by atoms with van der Waals surface area (Å²) in [7, 11) is 0. The lowest BCUT2D eigenvalue weighted by Crippen LogP contribution is -2.48. The van der Waals surface area contributed by atoms with Crippen LogP contribution in [-0.2, 0) is 9.59 Å². The number of rotatable bonds is 7. The fourth-order valence-electron chi connectivity index (χ4n) is 1.80. The van der Waals surface area contributed by atoms with E-state index in [0.29, 0.717) is 12.2 Å². The van der Waals surface area contributed by atoms with E-state index in [2.05, 4.69) is 5.32 Å². The number of nitrogens with one attached hydrogen (secondary N) is 1. The number of benzene rings is 1. The maximum atomic E-state index is 12.1. The smallest absolute Gasteiger partial charge is 0.326 e. The number of carbonyl (C=O) groups is 3. The number of hydrogen-bond acceptors (Lipinski definition) is 3. The van der Waals surface area contributed by atoms with Gasteiger partial charge < -0.3 is 15.5 Å². The SMILES string of the molecule is CCN(C(=O)N[C@H](CCC(=O)O)C(=O)O)c1ccccc1. The minimum Gasteiger partial charge on any atom is -0.481 e. The average molecular weight is 294 g/mol. The van der Waals surface area contributed by atoms with Crippen molar-refractivity contribution >= 4 is 23.7 Å². The summed E-state index contributed by atoms with van der Waals surface area (Å²) in [5.41, 5.74) is 0.639. The van der Waals surface area contributed by atoms with Crippen molar-refractivity contribution in [3.8, 4) is 0 Å². The lowest BCUT2D eigenvalue weighted by atomic mass is 10.1. The summed E-state index contributed by atoms with van der Waals surface area (Å²) in [5, 5.41) is 20.0. The van der Waals surface area contributed by atoms with Crippen LogP contribution in [0, 0.1) is 0 Å². The second kappa shape index (κ2) is 7.88. The number of nitrogens with zero attached hydrogens (tertiary/aromatic N) is 1. The first-order valence-corrected chi connectivity index (χ1v) is 6.53. The molecule has 0 saturated carbocycles. The standard InChI is InChI=1S/C14H18N2O5/c1-2-16(10-6-4-3-5-7-10)14(21)15-11(13(19)20)8-9-12(17)18/h3-7,11H,2,8-9H2,1H3,(H,15,21)(H,17,18)(H,19,20)/t11-/m1/s1. The zero-order chi connectivity index (χ0) is 15.8. The Morgan fingerprint density at radius 2 is 1.81 bits per heavy atom. The topological polar surface area (TPSA) is 107 Å². The molecule has 0 aliphatic carbocycles. The van der Waals surface area contributed by atoms with Crippen molar-refractivity contribution in [3.63, 3.8) is 0 Å². The zero-order valence-electron chi connectivity index (χ0n) is 11.7. The van der Waals surface area contributed by atoms with E-state index in [1.807, 2.05) is 6.07 Å². The number of para-hydroxylation sites is 1. The number of carboxylic acid groups (broad SMARTS) is 2. The Labute approximate surface area is 122 Å². The molecule has 21 heavy (non-hydrogen) atoms. The van der Waals surface area contributed by atoms with Gasteiger partial charge in [-0.1, -0.05) is 18.2 Å². The summed E-state index contributed by atoms with van der Waals surface area (Å²) in [6.07, 6.45) is -0.489. The van der Waals surface area contributed by atoms with E-state index in [1.165, 1.54) is 4.90 Å². The quantitative estimate of drug-likeness (QED) is 0.707. The first kappa shape index (κ1) is 16.5. The molecular weight excluding hydrogens is 276 g/mol. The van der Waals surface area contributed by atoms with Crippen LogP contribution in [0.4, 0.5) is 10.5 Å². The maximum Gasteiger partial charge on any atom is 0.326 e. The third-order valence-electron chi connectivity index (χ3n) is 2.87. The molecule has 1 aromatic rings. The van der Waals surface area contributed by atoms with Crippen molar-refractivity contribution in [2.75, 3.05) is 11.4 Å². The van der Waals surface area contributed by atoms with Gasteiger partial charge in [0.2, 0.25) is 0 Å². The van der Waals surface area contributed by atoms with Crippen LogP contribution in [0.5, 0.6) is 0 Å². The molecule has 114 valence electrons. The molecule has 2 amide bonds. The van der Waals surface area contributed by atoms with Crippen molar-refractivity contribution < 1.29 is 24.6 Å². The Kier molecular flexibility index (Phi) is 6.19. The van der Waals surface area contributed by atoms with Crippen LogP contribution in [-0.4, -0.2) is 40.8 Å². The molecule has 1 rings (SSSR count). The van der Waals surface area contributed by atoms with E-state index in [1.54, 1.807) is 31.2 Å². The Balaban J connectivity index is 2.75. The fraction of sp³-hybridized carbons (Fsp3) is 0.357. The van der Waals surface area contributed by atoms with Crippen LogP contribution < -0.4 is 10.2 Å². The molecule has 0 aliphatic heterocycles. The van der Waals surface area contributed by atoms with Gasteiger partial charge in [-0.25, -0.2) is 9.59 Å². The molecule has 1 atom stereocenters. The van der Waals surface area contributed by atoms with Crippen molar-refractivity contribution in [2.45, 2.75) is 25.8 Å². The molecule has 0 aliphatic rings. The second-order valence-corrected chi connectivity index (χ2v) is 4.35. The molecule has 7 nitrogen and oxygen atoms in total. The number of hydrogen-bond donors (Lipinski definition) is 3. The fourth-order valence-corrected chi connectivity index (χ4v) is 1.80. The first-order valence-electron chi connectivity index (χ1n) is 6.53. The molecule has 0 bridgehead atoms. The van der Waals surface area contributed by atoms with Crippen molar-refractivity contribution in [3.05, 3.63) is 30.3 Å². The molecule has 0 saturated heterocycles. The maximum absolute atomic E-state index is 12.1. The van der Waals surface area contributed by atoms with E-state index >= 15 is 0 Å². The molecular formula is C14H18N2O5. The van der Waals surface area contributed by atoms with Crippen molar-refractivity contribution in [1.82, 2.24) is 5.32 Å². The second-order valence-electron chi connectivity index (χ2n) is 4.35. The predicted molar refractivity (Wildman–Crippen MR) is 76.3 cm³/mol. The van der Waals surface area contributed by atoms with Crippen LogP contribution in [0.3, 0.4) is 0 Å². The van der Waals surface area contributed by atoms with E-state index in [0.717, 1.165) is 0 Å². The molecule has 0 fully saturated rings. The molecule has 0 radical (unpaired) electrons. The van der Waals surface area contributed by atoms with Gasteiger partial charge >= 0.3 is 18.0 Å². The van der Waals surface area contributed by atoms with Crippen LogP contribution in [0.2, 0.25) is 0 Å². The van der Waals surface area contributed by atoms with E-state index in [-0.39, 0.29) is 12.8 Å². The molecule has 0 spiro atoms. The number of carboxylic acids is 2. The summed E-state index contributed by atoms with van der Waals surface area (Å²) >= 11 is 0. The summed E-state index contributed by atoms with van der Waals surface area (Å²) < 4.78 is 0. The molecule has 0 aromatic heterocycles. The van der Waals surface area contributed by atoms with Crippen LogP contribution in [0.1, 0.15) is 19.8 Å². The zero-order valence-corrected chi connectivity index (χ0v) is 11.7. The van der Waals surface area contributed by atoms with E-state index in [4.69, 9.17) is 10.2 Å². The van der Waals surface area contributed by atoms with Gasteiger partial charge in [0, 0.05) is 18.7 Å². The van der Waals surface area contributed by atoms with Crippen molar-refractivity contribution in [1.29, 1.82) is 0 Å². The van der Waals surface area contributed by atoms with Gasteiger partial charge in [-0.05, 0) is 25.5 Å². The monoisotopic (exact) mass is 294 g/mol. The van der Waals surface area contributed by atoms with Gasteiger partial charge in [-0.2, -0.15) is 0 Å². The number of anilines is 1. The largest absolute Gasteiger partial charge is 0.481 e. The Hall–Kier alpha value is -2.57. The van der Waals surface area contributed by atoms with Crippen LogP contribution in [0.25, 0.3) is 0 Å². The van der Waals surface area contributed by atoms with Crippen molar-refractivity contribution in [2.24, 2.45) is 0 Å². The predicted octanol–water partition coefficient (Wildman–Crippen LogP) is 1.54. The molecule has 7 heteroatoms. The summed E-state index contributed by atoms with van der Waals surface area (Å²) in [6, 6.07) is 7.01. The molecule has 3 N–H and O–H groups in total. The van der Waals surface area contributed by atoms with Gasteiger partial charge in [-0.15, -0.1) is 0 Å². The number of aliphatic carboxylic acids is 2. The lowest BCUT2D eigenvalue weighted by molar-refractivity contribution is -0.140. The molecule has 1 aromatic carbocycles. The number of amides is 2.